The van der Waals surface area contributed by atoms with Crippen LogP contribution in [-0.4, -0.2) is 18.4 Å². The van der Waals surface area contributed by atoms with Gasteiger partial charge in [-0.3, -0.25) is 9.59 Å². The zero-order chi connectivity index (χ0) is 18.5. The van der Waals surface area contributed by atoms with E-state index in [2.05, 4.69) is 4.74 Å². The number of hydrogen-bond acceptors (Lipinski definition) is 3. The molecule has 1 rings (SSSR count). The number of ether oxygens (including phenoxy) is 1. The maximum Gasteiger partial charge on any atom is 0.417 e. The first-order valence-corrected chi connectivity index (χ1v) is 6.94. The topological polar surface area (TPSA) is 43.4 Å². The average Bonchev–Trinajstić information content (AvgIpc) is 2.45. The summed E-state index contributed by atoms with van der Waals surface area (Å²) in [6.07, 6.45) is -10.7. The third-order valence-electron chi connectivity index (χ3n) is 3.04. The van der Waals surface area contributed by atoms with Crippen LogP contribution in [-0.2, 0) is 21.9 Å². The molecule has 1 aromatic carbocycles. The molecule has 0 aromatic heterocycles. The summed E-state index contributed by atoms with van der Waals surface area (Å²) in [5, 5.41) is 0. The van der Waals surface area contributed by atoms with Crippen molar-refractivity contribution in [1.29, 1.82) is 0 Å². The quantitative estimate of drug-likeness (QED) is 0.424. The van der Waals surface area contributed by atoms with E-state index in [4.69, 9.17) is 0 Å². The highest BCUT2D eigenvalue weighted by Crippen LogP contribution is 2.37. The summed E-state index contributed by atoms with van der Waals surface area (Å²) in [6, 6.07) is 0.852. The number of ketones is 1. The molecule has 9 heteroatoms. The zero-order valence-corrected chi connectivity index (χ0v) is 12.6. The predicted octanol–water partition coefficient (Wildman–Crippen LogP) is 4.64. The summed E-state index contributed by atoms with van der Waals surface area (Å²) in [5.41, 5.74) is -3.98. The van der Waals surface area contributed by atoms with E-state index in [1.54, 1.807) is 6.92 Å². The first-order valence-electron chi connectivity index (χ1n) is 6.94. The van der Waals surface area contributed by atoms with Gasteiger partial charge in [-0.25, -0.2) is 0 Å². The van der Waals surface area contributed by atoms with Crippen molar-refractivity contribution in [2.45, 2.75) is 38.5 Å². The van der Waals surface area contributed by atoms with E-state index in [9.17, 15) is 35.9 Å². The van der Waals surface area contributed by atoms with E-state index in [-0.39, 0.29) is 25.5 Å². The number of esters is 1. The van der Waals surface area contributed by atoms with Crippen LogP contribution in [0.4, 0.5) is 26.3 Å². The van der Waals surface area contributed by atoms with Gasteiger partial charge < -0.3 is 4.74 Å². The van der Waals surface area contributed by atoms with Gasteiger partial charge in [0.1, 0.15) is 0 Å². The van der Waals surface area contributed by atoms with Gasteiger partial charge in [0.25, 0.3) is 0 Å². The van der Waals surface area contributed by atoms with Gasteiger partial charge in [0.15, 0.2) is 5.78 Å². The number of halogens is 6. The molecule has 0 atom stereocenters. The maximum absolute atomic E-state index is 12.9. The van der Waals surface area contributed by atoms with Crippen LogP contribution in [0.2, 0.25) is 0 Å². The van der Waals surface area contributed by atoms with Crippen LogP contribution in [0.25, 0.3) is 0 Å². The number of benzene rings is 1. The largest absolute Gasteiger partial charge is 0.466 e. The molecular formula is C15H14F6O3. The van der Waals surface area contributed by atoms with E-state index in [0.29, 0.717) is 12.1 Å². The third kappa shape index (κ3) is 5.54. The normalized spacial score (nSPS) is 12.1. The Kier molecular flexibility index (Phi) is 6.39. The Morgan fingerprint density at radius 1 is 1.00 bits per heavy atom. The molecule has 0 amide bonds. The molecule has 0 unspecified atom stereocenters. The fourth-order valence-electron chi connectivity index (χ4n) is 1.96. The molecular weight excluding hydrogens is 342 g/mol. The second-order valence-corrected chi connectivity index (χ2v) is 4.84. The fraction of sp³-hybridized carbons (Fsp3) is 0.467. The van der Waals surface area contributed by atoms with E-state index >= 15 is 0 Å². The smallest absolute Gasteiger partial charge is 0.417 e. The van der Waals surface area contributed by atoms with Crippen molar-refractivity contribution in [3.63, 3.8) is 0 Å². The SMILES string of the molecule is CCOC(=O)CCCC(=O)c1ccc(C(F)(F)F)cc1C(F)(F)F. The second kappa shape index (κ2) is 7.67. The Hall–Kier alpha value is -2.06. The lowest BCUT2D eigenvalue weighted by Gasteiger charge is -2.15. The van der Waals surface area contributed by atoms with E-state index < -0.39 is 47.2 Å². The molecule has 0 spiro atoms. The fourth-order valence-corrected chi connectivity index (χ4v) is 1.96. The molecule has 0 aliphatic carbocycles. The minimum absolute atomic E-state index is 0.0595. The summed E-state index contributed by atoms with van der Waals surface area (Å²) < 4.78 is 81.1. The monoisotopic (exact) mass is 356 g/mol. The van der Waals surface area contributed by atoms with Gasteiger partial charge in [0, 0.05) is 18.4 Å². The third-order valence-corrected chi connectivity index (χ3v) is 3.04. The molecule has 0 saturated carbocycles. The van der Waals surface area contributed by atoms with Gasteiger partial charge in [-0.05, 0) is 25.5 Å². The number of alkyl halides is 6. The molecule has 0 aliphatic rings. The van der Waals surface area contributed by atoms with Crippen LogP contribution in [0.1, 0.15) is 47.7 Å². The molecule has 0 heterocycles. The van der Waals surface area contributed by atoms with Crippen molar-refractivity contribution < 1.29 is 40.7 Å². The molecule has 0 saturated heterocycles. The summed E-state index contributed by atoms with van der Waals surface area (Å²) >= 11 is 0. The first-order chi connectivity index (χ1) is 11.0. The van der Waals surface area contributed by atoms with Crippen molar-refractivity contribution in [2.24, 2.45) is 0 Å². The predicted molar refractivity (Wildman–Crippen MR) is 71.3 cm³/mol. The Bertz CT molecular complexity index is 604. The van der Waals surface area contributed by atoms with Crippen molar-refractivity contribution in [3.05, 3.63) is 34.9 Å². The Balaban J connectivity index is 2.97. The lowest BCUT2D eigenvalue weighted by molar-refractivity contribution is -0.144. The van der Waals surface area contributed by atoms with Crippen LogP contribution < -0.4 is 0 Å². The van der Waals surface area contributed by atoms with Gasteiger partial charge in [-0.2, -0.15) is 26.3 Å². The van der Waals surface area contributed by atoms with Crippen molar-refractivity contribution >= 4 is 11.8 Å². The van der Waals surface area contributed by atoms with Crippen LogP contribution in [0.15, 0.2) is 18.2 Å². The van der Waals surface area contributed by atoms with Crippen LogP contribution in [0.3, 0.4) is 0 Å². The number of carbonyl (C=O) groups is 2. The Morgan fingerprint density at radius 3 is 2.12 bits per heavy atom. The molecule has 0 radical (unpaired) electrons. The summed E-state index contributed by atoms with van der Waals surface area (Å²) in [5.74, 6) is -1.59. The number of hydrogen-bond donors (Lipinski definition) is 0. The van der Waals surface area contributed by atoms with Gasteiger partial charge >= 0.3 is 18.3 Å². The van der Waals surface area contributed by atoms with Crippen molar-refractivity contribution in [1.82, 2.24) is 0 Å². The Labute approximate surface area is 133 Å². The molecule has 24 heavy (non-hydrogen) atoms. The average molecular weight is 356 g/mol. The van der Waals surface area contributed by atoms with E-state index in [1.807, 2.05) is 0 Å². The molecule has 3 nitrogen and oxygen atoms in total. The second-order valence-electron chi connectivity index (χ2n) is 4.84. The summed E-state index contributed by atoms with van der Waals surface area (Å²) in [4.78, 5) is 23.0. The van der Waals surface area contributed by atoms with Crippen LogP contribution >= 0.6 is 0 Å². The van der Waals surface area contributed by atoms with Gasteiger partial charge in [-0.1, -0.05) is 6.07 Å². The molecule has 0 fully saturated rings. The molecule has 0 N–H and O–H groups in total. The lowest BCUT2D eigenvalue weighted by atomic mass is 9.97. The van der Waals surface area contributed by atoms with E-state index in [0.717, 1.165) is 0 Å². The minimum atomic E-state index is -5.10. The molecule has 0 aliphatic heterocycles. The van der Waals surface area contributed by atoms with Gasteiger partial charge in [0.2, 0.25) is 0 Å². The molecule has 1 aromatic rings. The van der Waals surface area contributed by atoms with E-state index in [1.165, 1.54) is 0 Å². The standard InChI is InChI=1S/C15H14F6O3/c1-2-24-13(23)5-3-4-12(22)10-7-6-9(14(16,17)18)8-11(10)15(19,20)21/h6-8H,2-5H2,1H3. The lowest BCUT2D eigenvalue weighted by Crippen LogP contribution is -2.16. The van der Waals surface area contributed by atoms with Crippen LogP contribution in [0, 0.1) is 0 Å². The Morgan fingerprint density at radius 2 is 1.62 bits per heavy atom. The highest BCUT2D eigenvalue weighted by Gasteiger charge is 2.39. The summed E-state index contributed by atoms with van der Waals surface area (Å²) in [6.45, 7) is 1.70. The maximum atomic E-state index is 12.9. The highest BCUT2D eigenvalue weighted by atomic mass is 19.4. The van der Waals surface area contributed by atoms with Gasteiger partial charge in [0.05, 0.1) is 17.7 Å². The number of Topliss-reactive ketones (excluding diaryl/α,β-unsaturated/α-hetero) is 1. The molecule has 0 bridgehead atoms. The highest BCUT2D eigenvalue weighted by molar-refractivity contribution is 5.97. The molecule has 134 valence electrons. The zero-order valence-electron chi connectivity index (χ0n) is 12.6. The van der Waals surface area contributed by atoms with Crippen molar-refractivity contribution in [3.8, 4) is 0 Å². The van der Waals surface area contributed by atoms with Crippen LogP contribution in [0.5, 0.6) is 0 Å². The number of rotatable bonds is 6. The number of carbonyl (C=O) groups excluding carboxylic acids is 2. The first kappa shape index (κ1) is 20.0. The minimum Gasteiger partial charge on any atom is -0.466 e. The summed E-state index contributed by atoms with van der Waals surface area (Å²) in [7, 11) is 0. The van der Waals surface area contributed by atoms with Crippen molar-refractivity contribution in [2.75, 3.05) is 6.61 Å². The van der Waals surface area contributed by atoms with Gasteiger partial charge in [-0.15, -0.1) is 0 Å².